The number of ether oxygens (including phenoxy) is 1. The van der Waals surface area contributed by atoms with Crippen molar-refractivity contribution in [1.29, 1.82) is 0 Å². The quantitative estimate of drug-likeness (QED) is 0.345. The van der Waals surface area contributed by atoms with Crippen LogP contribution < -0.4 is 5.32 Å². The molecule has 1 atom stereocenters. The van der Waals surface area contributed by atoms with Crippen molar-refractivity contribution in [2.24, 2.45) is 0 Å². The molecule has 0 bridgehead atoms. The lowest BCUT2D eigenvalue weighted by Gasteiger charge is -2.08. The Kier molecular flexibility index (Phi) is 7.45. The zero-order chi connectivity index (χ0) is 11.0. The van der Waals surface area contributed by atoms with Gasteiger partial charge in [0.05, 0.1) is 10.5 Å². The maximum atomic E-state index is 11.3. The highest BCUT2D eigenvalue weighted by Crippen LogP contribution is 2.05. The second kappa shape index (κ2) is 7.78. The Balaban J connectivity index is 3.72. The second-order valence-electron chi connectivity index (χ2n) is 2.51. The minimum Gasteiger partial charge on any atom is -0.465 e. The number of allylic oxidation sites excluding steroid dienone is 1. The summed E-state index contributed by atoms with van der Waals surface area (Å²) >= 11 is 2.00. The number of rotatable bonds is 6. The largest absolute Gasteiger partial charge is 0.465 e. The zero-order valence-corrected chi connectivity index (χ0v) is 10.2. The van der Waals surface area contributed by atoms with Crippen molar-refractivity contribution in [3.63, 3.8) is 0 Å². The number of alkyl halides is 1. The average Bonchev–Trinajstić information content (AvgIpc) is 2.15. The Morgan fingerprint density at radius 3 is 2.79 bits per heavy atom. The predicted octanol–water partition coefficient (Wildman–Crippen LogP) is 1.05. The number of carbonyl (C=O) groups is 2. The van der Waals surface area contributed by atoms with Crippen LogP contribution in [0.25, 0.3) is 0 Å². The summed E-state index contributed by atoms with van der Waals surface area (Å²) in [6, 6.07) is 0. The topological polar surface area (TPSA) is 55.4 Å². The van der Waals surface area contributed by atoms with Gasteiger partial charge in [0.25, 0.3) is 0 Å². The van der Waals surface area contributed by atoms with Crippen LogP contribution in [0.15, 0.2) is 12.7 Å². The van der Waals surface area contributed by atoms with Crippen LogP contribution in [0.2, 0.25) is 0 Å². The molecule has 0 fully saturated rings. The summed E-state index contributed by atoms with van der Waals surface area (Å²) in [5.41, 5.74) is 0. The monoisotopic (exact) mass is 311 g/mol. The number of hydrogen-bond donors (Lipinski definition) is 1. The molecule has 0 spiro atoms. The molecule has 0 heterocycles. The van der Waals surface area contributed by atoms with Crippen LogP contribution in [0.4, 0.5) is 0 Å². The highest BCUT2D eigenvalue weighted by molar-refractivity contribution is 14.1. The molecule has 0 aromatic rings. The van der Waals surface area contributed by atoms with Crippen LogP contribution in [-0.2, 0) is 14.3 Å². The molecule has 0 aromatic heterocycles. The number of amides is 1. The first-order chi connectivity index (χ1) is 6.61. The minimum atomic E-state index is -0.414. The van der Waals surface area contributed by atoms with E-state index in [0.717, 1.165) is 0 Å². The van der Waals surface area contributed by atoms with Crippen LogP contribution in [0, 0.1) is 0 Å². The van der Waals surface area contributed by atoms with Crippen molar-refractivity contribution in [3.05, 3.63) is 12.7 Å². The molecular formula is C9H14INO3. The summed E-state index contributed by atoms with van der Waals surface area (Å²) in [6.45, 7) is 5.51. The molecule has 14 heavy (non-hydrogen) atoms. The van der Waals surface area contributed by atoms with Gasteiger partial charge in [0, 0.05) is 0 Å². The standard InChI is InChI=1S/C9H14INO3/c1-3-5-7(10)9(13)11-6-8(12)14-4-2/h3,7H,1,4-6H2,2H3,(H,11,13). The zero-order valence-electron chi connectivity index (χ0n) is 8.09. The average molecular weight is 311 g/mol. The fraction of sp³-hybridized carbons (Fsp3) is 0.556. The van der Waals surface area contributed by atoms with E-state index in [4.69, 9.17) is 0 Å². The summed E-state index contributed by atoms with van der Waals surface area (Å²) in [5, 5.41) is 2.48. The Hall–Kier alpha value is -0.590. The summed E-state index contributed by atoms with van der Waals surface area (Å²) in [5.74, 6) is -0.582. The van der Waals surface area contributed by atoms with Gasteiger partial charge in [0.15, 0.2) is 0 Å². The molecule has 0 aromatic carbocycles. The first-order valence-corrected chi connectivity index (χ1v) is 5.54. The molecule has 0 radical (unpaired) electrons. The van der Waals surface area contributed by atoms with E-state index in [1.54, 1.807) is 13.0 Å². The van der Waals surface area contributed by atoms with Gasteiger partial charge in [-0.3, -0.25) is 9.59 Å². The fourth-order valence-corrected chi connectivity index (χ4v) is 1.32. The lowest BCUT2D eigenvalue weighted by Crippen LogP contribution is -2.35. The third kappa shape index (κ3) is 5.95. The molecule has 0 aliphatic carbocycles. The van der Waals surface area contributed by atoms with Gasteiger partial charge in [-0.1, -0.05) is 28.7 Å². The van der Waals surface area contributed by atoms with E-state index in [1.165, 1.54) is 0 Å². The molecule has 4 nitrogen and oxygen atoms in total. The lowest BCUT2D eigenvalue weighted by molar-refractivity contribution is -0.143. The second-order valence-corrected chi connectivity index (χ2v) is 4.02. The van der Waals surface area contributed by atoms with Gasteiger partial charge in [-0.05, 0) is 13.3 Å². The lowest BCUT2D eigenvalue weighted by atomic mass is 10.3. The van der Waals surface area contributed by atoms with Gasteiger partial charge >= 0.3 is 5.97 Å². The number of carbonyl (C=O) groups excluding carboxylic acids is 2. The molecule has 5 heteroatoms. The van der Waals surface area contributed by atoms with Crippen LogP contribution in [0.5, 0.6) is 0 Å². The molecule has 1 unspecified atom stereocenters. The van der Waals surface area contributed by atoms with E-state index in [0.29, 0.717) is 13.0 Å². The molecule has 0 saturated heterocycles. The summed E-state index contributed by atoms with van der Waals surface area (Å²) < 4.78 is 4.47. The normalized spacial score (nSPS) is 11.6. The number of hydrogen-bond acceptors (Lipinski definition) is 3. The molecule has 80 valence electrons. The molecule has 0 aliphatic heterocycles. The molecular weight excluding hydrogens is 297 g/mol. The van der Waals surface area contributed by atoms with Crippen molar-refractivity contribution >= 4 is 34.5 Å². The van der Waals surface area contributed by atoms with Gasteiger partial charge in [0.2, 0.25) is 5.91 Å². The Morgan fingerprint density at radius 2 is 2.29 bits per heavy atom. The Labute approximate surface area is 97.2 Å². The SMILES string of the molecule is C=CCC(I)C(=O)NCC(=O)OCC. The third-order valence-corrected chi connectivity index (χ3v) is 2.44. The number of halogens is 1. The maximum Gasteiger partial charge on any atom is 0.325 e. The van der Waals surface area contributed by atoms with Crippen molar-refractivity contribution in [1.82, 2.24) is 5.32 Å². The van der Waals surface area contributed by atoms with E-state index < -0.39 is 5.97 Å². The van der Waals surface area contributed by atoms with Crippen molar-refractivity contribution in [3.8, 4) is 0 Å². The van der Waals surface area contributed by atoms with E-state index in [-0.39, 0.29) is 16.4 Å². The van der Waals surface area contributed by atoms with Crippen LogP contribution in [-0.4, -0.2) is 29.0 Å². The number of esters is 1. The highest BCUT2D eigenvalue weighted by Gasteiger charge is 2.13. The predicted molar refractivity (Wildman–Crippen MR) is 62.3 cm³/mol. The maximum absolute atomic E-state index is 11.3. The van der Waals surface area contributed by atoms with Crippen LogP contribution >= 0.6 is 22.6 Å². The van der Waals surface area contributed by atoms with Crippen molar-refractivity contribution in [2.75, 3.05) is 13.2 Å². The van der Waals surface area contributed by atoms with Crippen molar-refractivity contribution in [2.45, 2.75) is 17.3 Å². The highest BCUT2D eigenvalue weighted by atomic mass is 127. The minimum absolute atomic E-state index is 0.0662. The first-order valence-electron chi connectivity index (χ1n) is 4.30. The van der Waals surface area contributed by atoms with E-state index >= 15 is 0 Å². The summed E-state index contributed by atoms with van der Waals surface area (Å²) in [7, 11) is 0. The summed E-state index contributed by atoms with van der Waals surface area (Å²) in [6.07, 6.45) is 2.26. The summed E-state index contributed by atoms with van der Waals surface area (Å²) in [4.78, 5) is 22.1. The molecule has 1 amide bonds. The van der Waals surface area contributed by atoms with Gasteiger partial charge in [-0.15, -0.1) is 6.58 Å². The Morgan fingerprint density at radius 1 is 1.64 bits per heavy atom. The van der Waals surface area contributed by atoms with Crippen molar-refractivity contribution < 1.29 is 14.3 Å². The Bertz CT molecular complexity index is 218. The third-order valence-electron chi connectivity index (χ3n) is 1.37. The molecule has 0 saturated carbocycles. The van der Waals surface area contributed by atoms with E-state index in [9.17, 15) is 9.59 Å². The van der Waals surface area contributed by atoms with E-state index in [1.807, 2.05) is 22.6 Å². The fourth-order valence-electron chi connectivity index (χ4n) is 0.735. The first kappa shape index (κ1) is 13.4. The molecule has 0 aliphatic rings. The molecule has 0 rings (SSSR count). The van der Waals surface area contributed by atoms with Gasteiger partial charge < -0.3 is 10.1 Å². The smallest absolute Gasteiger partial charge is 0.325 e. The van der Waals surface area contributed by atoms with Gasteiger partial charge in [-0.2, -0.15) is 0 Å². The van der Waals surface area contributed by atoms with Gasteiger partial charge in [0.1, 0.15) is 6.54 Å². The van der Waals surface area contributed by atoms with Crippen LogP contribution in [0.3, 0.4) is 0 Å². The van der Waals surface area contributed by atoms with E-state index in [2.05, 4.69) is 16.6 Å². The number of nitrogens with one attached hydrogen (secondary N) is 1. The van der Waals surface area contributed by atoms with Crippen LogP contribution in [0.1, 0.15) is 13.3 Å². The molecule has 1 N–H and O–H groups in total. The van der Waals surface area contributed by atoms with Gasteiger partial charge in [-0.25, -0.2) is 0 Å².